The molecule has 0 aliphatic carbocycles. The van der Waals surface area contributed by atoms with E-state index in [9.17, 15) is 63.1 Å². The van der Waals surface area contributed by atoms with E-state index in [1.54, 1.807) is 134 Å². The van der Waals surface area contributed by atoms with Crippen molar-refractivity contribution in [2.24, 2.45) is 0 Å². The number of carbonyl (C=O) groups is 4. The van der Waals surface area contributed by atoms with Gasteiger partial charge in [0.1, 0.15) is 46.9 Å². The molecule has 0 amide bonds. The molecule has 18 nitrogen and oxygen atoms in total. The molecule has 522 valence electrons. The summed E-state index contributed by atoms with van der Waals surface area (Å²) in [6, 6.07) is 66.5. The number of ketones is 4. The highest BCUT2D eigenvalue weighted by Gasteiger charge is 2.24. The van der Waals surface area contributed by atoms with Crippen LogP contribution in [0.15, 0.2) is 308 Å². The van der Waals surface area contributed by atoms with E-state index in [-0.39, 0.29) is 62.6 Å². The average molecular weight is 1430 g/mol. The lowest BCUT2D eigenvalue weighted by Gasteiger charge is -2.10. The Balaban J connectivity index is 0.000000146. The fourth-order valence-corrected chi connectivity index (χ4v) is 12.2. The SMILES string of the molecule is CC(=O)c1ccc(Cc2ccc(F)cc2)[nH]1.Fc1ccc(Cc2ccc[nH]2)cc1.O=C(C=C(O)c1ccc(Cc2ccc(F)cc2)[nH]1)c1ncn[nH]1.O=C(c1ccc(F)cc1)c1ccc[nH]1.O=C(c1ccc(F)cc1)c1cccn1S(=O)(=O)c1ccccc1.O=S(=O)(c1ccccc1)n1cccc1. The third-order valence-corrected chi connectivity index (χ3v) is 18.2. The van der Waals surface area contributed by atoms with Gasteiger partial charge in [-0.05, 0) is 199 Å². The fourth-order valence-electron chi connectivity index (χ4n) is 9.61. The molecule has 7 aromatic heterocycles. The van der Waals surface area contributed by atoms with Crippen LogP contribution in [0.3, 0.4) is 0 Å². The summed E-state index contributed by atoms with van der Waals surface area (Å²) < 4.78 is 115. The van der Waals surface area contributed by atoms with Crippen LogP contribution in [0.2, 0.25) is 0 Å². The number of nitrogens with zero attached hydrogens (tertiary/aromatic N) is 4. The van der Waals surface area contributed by atoms with Crippen LogP contribution >= 0.6 is 0 Å². The van der Waals surface area contributed by atoms with E-state index in [0.29, 0.717) is 40.4 Å². The second-order valence-corrected chi connectivity index (χ2v) is 25.9. The molecule has 103 heavy (non-hydrogen) atoms. The number of aliphatic hydroxyl groups is 1. The second kappa shape index (κ2) is 35.8. The molecule has 0 fully saturated rings. The molecule has 0 bridgehead atoms. The van der Waals surface area contributed by atoms with Crippen LogP contribution in [0, 0.1) is 29.1 Å². The second-order valence-electron chi connectivity index (χ2n) is 22.3. The number of carbonyl (C=O) groups excluding carboxylic acids is 4. The molecule has 7 aromatic carbocycles. The van der Waals surface area contributed by atoms with E-state index in [4.69, 9.17) is 0 Å². The predicted molar refractivity (Wildman–Crippen MR) is 379 cm³/mol. The molecule has 0 unspecified atom stereocenters. The van der Waals surface area contributed by atoms with Gasteiger partial charge in [-0.3, -0.25) is 24.3 Å². The fraction of sp³-hybridized carbons (Fsp3) is 0.0513. The minimum Gasteiger partial charge on any atom is -0.506 e. The molecule has 0 atom stereocenters. The van der Waals surface area contributed by atoms with Gasteiger partial charge in [-0.1, -0.05) is 72.8 Å². The predicted octanol–water partition coefficient (Wildman–Crippen LogP) is 15.5. The molecule has 7 heterocycles. The number of aliphatic hydroxyl groups excluding tert-OH is 1. The largest absolute Gasteiger partial charge is 0.506 e. The van der Waals surface area contributed by atoms with Crippen molar-refractivity contribution >= 4 is 48.9 Å². The summed E-state index contributed by atoms with van der Waals surface area (Å²) in [5.74, 6) is -2.74. The van der Waals surface area contributed by atoms with Crippen LogP contribution in [-0.4, -0.2) is 88.1 Å². The molecule has 0 spiro atoms. The quantitative estimate of drug-likeness (QED) is 0.0203. The Morgan fingerprint density at radius 2 is 0.883 bits per heavy atom. The molecule has 0 aliphatic heterocycles. The number of aromatic nitrogens is 9. The van der Waals surface area contributed by atoms with Gasteiger partial charge in [0.15, 0.2) is 11.6 Å². The number of rotatable bonds is 18. The molecule has 0 radical (unpaired) electrons. The van der Waals surface area contributed by atoms with Crippen LogP contribution in [0.5, 0.6) is 0 Å². The number of benzene rings is 7. The maximum absolute atomic E-state index is 13.0. The number of allylic oxidation sites excluding steroid dienone is 1. The van der Waals surface area contributed by atoms with Crippen molar-refractivity contribution < 1.29 is 63.1 Å². The summed E-state index contributed by atoms with van der Waals surface area (Å²) in [7, 11) is -7.24. The Bertz CT molecular complexity index is 5270. The summed E-state index contributed by atoms with van der Waals surface area (Å²) >= 11 is 0. The van der Waals surface area contributed by atoms with Gasteiger partial charge >= 0.3 is 0 Å². The van der Waals surface area contributed by atoms with E-state index in [1.807, 2.05) is 24.4 Å². The number of nitrogens with one attached hydrogen (secondary N) is 5. The summed E-state index contributed by atoms with van der Waals surface area (Å²) in [6.07, 6.45) is 12.3. The smallest absolute Gasteiger partial charge is 0.268 e. The maximum atomic E-state index is 13.0. The van der Waals surface area contributed by atoms with E-state index in [0.717, 1.165) is 62.4 Å². The van der Waals surface area contributed by atoms with Crippen molar-refractivity contribution in [3.63, 3.8) is 0 Å². The van der Waals surface area contributed by atoms with E-state index in [2.05, 4.69) is 35.1 Å². The van der Waals surface area contributed by atoms with Crippen molar-refractivity contribution in [1.29, 1.82) is 0 Å². The Labute approximate surface area is 588 Å². The van der Waals surface area contributed by atoms with Crippen LogP contribution in [-0.2, 0) is 39.3 Å². The van der Waals surface area contributed by atoms with Crippen molar-refractivity contribution in [2.45, 2.75) is 36.0 Å². The number of H-pyrrole nitrogens is 5. The number of hydrogen-bond donors (Lipinski definition) is 6. The number of Topliss-reactive ketones (excluding diaryl/α,β-unsaturated/α-hetero) is 1. The molecule has 25 heteroatoms. The van der Waals surface area contributed by atoms with Crippen LogP contribution in [0.4, 0.5) is 22.0 Å². The number of aromatic amines is 5. The molecular weight excluding hydrogens is 1370 g/mol. The Morgan fingerprint density at radius 1 is 0.437 bits per heavy atom. The zero-order valence-electron chi connectivity index (χ0n) is 54.6. The third kappa shape index (κ3) is 21.6. The first-order valence-corrected chi connectivity index (χ1v) is 34.2. The Morgan fingerprint density at radius 3 is 1.33 bits per heavy atom. The number of hydrogen-bond acceptors (Lipinski definition) is 11. The normalized spacial score (nSPS) is 11.0. The highest BCUT2D eigenvalue weighted by Crippen LogP contribution is 2.21. The molecule has 6 N–H and O–H groups in total. The molecule has 0 saturated heterocycles. The van der Waals surface area contributed by atoms with Crippen LogP contribution < -0.4 is 0 Å². The highest BCUT2D eigenvalue weighted by molar-refractivity contribution is 7.90. The molecule has 14 rings (SSSR count). The summed E-state index contributed by atoms with van der Waals surface area (Å²) in [5.41, 5.74) is 8.22. The standard InChI is InChI=1S/C17H12FNO3S.C16H13FN4O2.C13H12FNO.C11H8FNO.C11H10FN.C10H9NO2S/c18-14-10-8-13(9-11-14)17(20)16-7-4-12-19(16)23(21,22)15-5-2-1-3-6-15;17-11-3-1-10(2-4-11)7-12-5-6-13(20-12)14(22)8-15(23)16-18-9-19-21-16;1-9(16)13-7-6-12(15-13)8-10-2-4-11(14)5-3-10;12-9-5-3-8(4-6-9)11(14)10-2-1-7-13-10;12-10-5-3-9(4-6-10)8-11-2-1-7-13-11;12-14(13,11-8-4-5-9-11)10-6-2-1-3-7-10/h1-12H;1-6,8-9,20,22H,7H2,(H,18,19,21);2-7,15H,8H2,1H3;1-7,13H;1-7,13H,8H2;1-9H. The summed E-state index contributed by atoms with van der Waals surface area (Å²) in [6.45, 7) is 1.52. The topological polar surface area (TPSA) is 271 Å². The van der Waals surface area contributed by atoms with Gasteiger partial charge in [0.25, 0.3) is 20.0 Å². The first-order valence-electron chi connectivity index (χ1n) is 31.3. The molecule has 14 aromatic rings. The van der Waals surface area contributed by atoms with Crippen molar-refractivity contribution in [3.05, 3.63) is 401 Å². The lowest BCUT2D eigenvalue weighted by atomic mass is 10.1. The zero-order chi connectivity index (χ0) is 73.3. The average Bonchev–Trinajstić information content (AvgIpc) is 1.75. The molecule has 0 aliphatic rings. The van der Waals surface area contributed by atoms with E-state index in [1.165, 1.54) is 133 Å². The lowest BCUT2D eigenvalue weighted by molar-refractivity contribution is 0.100. The monoisotopic (exact) mass is 1430 g/mol. The first-order chi connectivity index (χ1) is 49.6. The molecule has 0 saturated carbocycles. The zero-order valence-corrected chi connectivity index (χ0v) is 56.3. The van der Waals surface area contributed by atoms with Crippen molar-refractivity contribution in [3.8, 4) is 0 Å². The van der Waals surface area contributed by atoms with Gasteiger partial charge in [0.05, 0.1) is 26.9 Å². The van der Waals surface area contributed by atoms with E-state index < -0.39 is 37.4 Å². The minimum absolute atomic E-state index is 0.000427. The molecular formula is C78H64F5N9O9S2. The Hall–Kier alpha value is -12.9. The highest BCUT2D eigenvalue weighted by atomic mass is 32.2. The first kappa shape index (κ1) is 74.4. The summed E-state index contributed by atoms with van der Waals surface area (Å²) in [4.78, 5) is 63.1. The van der Waals surface area contributed by atoms with Crippen molar-refractivity contribution in [1.82, 2.24) is 43.1 Å². The van der Waals surface area contributed by atoms with Gasteiger partial charge in [0.2, 0.25) is 17.3 Å². The third-order valence-electron chi connectivity index (χ3n) is 14.8. The summed E-state index contributed by atoms with van der Waals surface area (Å²) in [5, 5.41) is 16.0. The van der Waals surface area contributed by atoms with Crippen LogP contribution in [0.25, 0.3) is 5.76 Å². The van der Waals surface area contributed by atoms with Gasteiger partial charge in [-0.25, -0.2) is 51.7 Å². The van der Waals surface area contributed by atoms with Gasteiger partial charge in [-0.2, -0.15) is 5.10 Å². The van der Waals surface area contributed by atoms with E-state index >= 15 is 0 Å². The van der Waals surface area contributed by atoms with Crippen LogP contribution in [0.1, 0.15) is 99.6 Å². The minimum atomic E-state index is -3.87. The lowest BCUT2D eigenvalue weighted by Crippen LogP contribution is -2.18. The van der Waals surface area contributed by atoms with Crippen molar-refractivity contribution in [2.75, 3.05) is 0 Å². The number of halogens is 5. The van der Waals surface area contributed by atoms with Gasteiger partial charge < -0.3 is 25.0 Å². The van der Waals surface area contributed by atoms with Gasteiger partial charge in [-0.15, -0.1) is 0 Å². The Kier molecular flexibility index (Phi) is 25.8. The maximum Gasteiger partial charge on any atom is 0.268 e. The van der Waals surface area contributed by atoms with Gasteiger partial charge in [0, 0.05) is 91.5 Å².